The number of ether oxygens (including phenoxy) is 1. The van der Waals surface area contributed by atoms with E-state index in [-0.39, 0.29) is 18.0 Å². The van der Waals surface area contributed by atoms with Crippen LogP contribution in [0.5, 0.6) is 0 Å². The standard InChI is InChI=1S/C20H22N4O4S2/c1-2-28-20(25)22-10-12-23(13-11-22)30(26,27)18-15-24(16-7-4-3-5-8-16)21-19(18)17-9-6-14-29-17/h3-9,14-15H,2,10-13H2,1H3. The van der Waals surface area contributed by atoms with Crippen LogP contribution in [0.3, 0.4) is 0 Å². The van der Waals surface area contributed by atoms with Gasteiger partial charge in [-0.15, -0.1) is 11.3 Å². The average molecular weight is 447 g/mol. The highest BCUT2D eigenvalue weighted by Crippen LogP contribution is 2.32. The number of carbonyl (C=O) groups is 1. The van der Waals surface area contributed by atoms with Gasteiger partial charge in [-0.05, 0) is 30.5 Å². The van der Waals surface area contributed by atoms with E-state index in [0.717, 1.165) is 10.6 Å². The van der Waals surface area contributed by atoms with Gasteiger partial charge >= 0.3 is 6.09 Å². The summed E-state index contributed by atoms with van der Waals surface area (Å²) in [6, 6.07) is 13.1. The number of rotatable bonds is 5. The van der Waals surface area contributed by atoms with E-state index in [1.54, 1.807) is 17.8 Å². The summed E-state index contributed by atoms with van der Waals surface area (Å²) in [7, 11) is -3.79. The first-order valence-electron chi connectivity index (χ1n) is 9.61. The van der Waals surface area contributed by atoms with E-state index in [9.17, 15) is 13.2 Å². The quantitative estimate of drug-likeness (QED) is 0.601. The lowest BCUT2D eigenvalue weighted by Crippen LogP contribution is -2.50. The molecule has 1 saturated heterocycles. The number of nitrogens with zero attached hydrogens (tertiary/aromatic N) is 4. The molecule has 3 heterocycles. The predicted molar refractivity (Wildman–Crippen MR) is 114 cm³/mol. The number of carbonyl (C=O) groups excluding carboxylic acids is 1. The van der Waals surface area contributed by atoms with Gasteiger partial charge in [0, 0.05) is 26.2 Å². The maximum atomic E-state index is 13.5. The number of benzene rings is 1. The third-order valence-electron chi connectivity index (χ3n) is 4.84. The first-order chi connectivity index (χ1) is 14.5. The van der Waals surface area contributed by atoms with E-state index in [2.05, 4.69) is 5.10 Å². The zero-order valence-corrected chi connectivity index (χ0v) is 18.1. The predicted octanol–water partition coefficient (Wildman–Crippen LogP) is 3.06. The van der Waals surface area contributed by atoms with Crippen molar-refractivity contribution in [2.24, 2.45) is 0 Å². The minimum absolute atomic E-state index is 0.165. The van der Waals surface area contributed by atoms with Crippen LogP contribution in [0.25, 0.3) is 16.3 Å². The van der Waals surface area contributed by atoms with Crippen LogP contribution in [0.2, 0.25) is 0 Å². The zero-order valence-electron chi connectivity index (χ0n) is 16.5. The summed E-state index contributed by atoms with van der Waals surface area (Å²) in [5, 5.41) is 6.48. The van der Waals surface area contributed by atoms with Crippen molar-refractivity contribution < 1.29 is 17.9 Å². The number of aromatic nitrogens is 2. The van der Waals surface area contributed by atoms with Gasteiger partial charge in [-0.25, -0.2) is 17.9 Å². The molecule has 0 spiro atoms. The molecule has 0 aliphatic carbocycles. The van der Waals surface area contributed by atoms with Crippen molar-refractivity contribution in [2.45, 2.75) is 11.8 Å². The lowest BCUT2D eigenvalue weighted by molar-refractivity contribution is 0.0934. The second kappa shape index (κ2) is 8.58. The molecule has 4 rings (SSSR count). The molecular formula is C20H22N4O4S2. The van der Waals surface area contributed by atoms with Crippen molar-refractivity contribution in [3.63, 3.8) is 0 Å². The highest BCUT2D eigenvalue weighted by Gasteiger charge is 2.34. The topological polar surface area (TPSA) is 84.7 Å². The van der Waals surface area contributed by atoms with E-state index in [0.29, 0.717) is 25.4 Å². The van der Waals surface area contributed by atoms with Gasteiger partial charge in [-0.1, -0.05) is 24.3 Å². The number of amides is 1. The first kappa shape index (κ1) is 20.6. The molecule has 0 radical (unpaired) electrons. The molecule has 0 atom stereocenters. The lowest BCUT2D eigenvalue weighted by Gasteiger charge is -2.33. The molecule has 1 aliphatic heterocycles. The Bertz CT molecular complexity index is 1100. The highest BCUT2D eigenvalue weighted by molar-refractivity contribution is 7.89. The molecule has 0 bridgehead atoms. The monoisotopic (exact) mass is 446 g/mol. The number of thiophene rings is 1. The Morgan fingerprint density at radius 2 is 1.83 bits per heavy atom. The molecule has 158 valence electrons. The van der Waals surface area contributed by atoms with Crippen LogP contribution >= 0.6 is 11.3 Å². The van der Waals surface area contributed by atoms with E-state index >= 15 is 0 Å². The summed E-state index contributed by atoms with van der Waals surface area (Å²) in [5.74, 6) is 0. The van der Waals surface area contributed by atoms with Gasteiger partial charge in [-0.2, -0.15) is 9.40 Å². The van der Waals surface area contributed by atoms with Crippen molar-refractivity contribution in [2.75, 3.05) is 32.8 Å². The van der Waals surface area contributed by atoms with Crippen LogP contribution in [-0.2, 0) is 14.8 Å². The number of piperazine rings is 1. The van der Waals surface area contributed by atoms with E-state index in [1.165, 1.54) is 20.5 Å². The third kappa shape index (κ3) is 3.98. The van der Waals surface area contributed by atoms with E-state index in [4.69, 9.17) is 4.74 Å². The normalized spacial score (nSPS) is 15.3. The molecule has 3 aromatic rings. The van der Waals surface area contributed by atoms with E-state index in [1.807, 2.05) is 47.8 Å². The van der Waals surface area contributed by atoms with Crippen LogP contribution < -0.4 is 0 Å². The lowest BCUT2D eigenvalue weighted by atomic mass is 10.3. The Kier molecular flexibility index (Phi) is 5.89. The summed E-state index contributed by atoms with van der Waals surface area (Å²) in [6.45, 7) is 3.04. The average Bonchev–Trinajstić information content (AvgIpc) is 3.45. The van der Waals surface area contributed by atoms with Gasteiger partial charge in [0.1, 0.15) is 10.6 Å². The highest BCUT2D eigenvalue weighted by atomic mass is 32.2. The molecule has 1 aliphatic rings. The maximum absolute atomic E-state index is 13.5. The van der Waals surface area contributed by atoms with Gasteiger partial charge in [-0.3, -0.25) is 0 Å². The fourth-order valence-electron chi connectivity index (χ4n) is 3.31. The summed E-state index contributed by atoms with van der Waals surface area (Å²) in [6.07, 6.45) is 1.16. The van der Waals surface area contributed by atoms with Gasteiger partial charge in [0.2, 0.25) is 10.0 Å². The van der Waals surface area contributed by atoms with Gasteiger partial charge < -0.3 is 9.64 Å². The second-order valence-corrected chi connectivity index (χ2v) is 9.54. The molecule has 8 nitrogen and oxygen atoms in total. The van der Waals surface area contributed by atoms with Crippen molar-refractivity contribution >= 4 is 27.5 Å². The molecule has 1 aromatic carbocycles. The minimum Gasteiger partial charge on any atom is -0.450 e. The van der Waals surface area contributed by atoms with Gasteiger partial charge in [0.25, 0.3) is 0 Å². The molecule has 1 amide bonds. The molecule has 10 heteroatoms. The van der Waals surface area contributed by atoms with Crippen LogP contribution in [-0.4, -0.2) is 66.3 Å². The maximum Gasteiger partial charge on any atom is 0.409 e. The van der Waals surface area contributed by atoms with Crippen LogP contribution in [0, 0.1) is 0 Å². The summed E-state index contributed by atoms with van der Waals surface area (Å²) in [5.41, 5.74) is 1.21. The number of hydrogen-bond donors (Lipinski definition) is 0. The van der Waals surface area contributed by atoms with Crippen molar-refractivity contribution in [1.82, 2.24) is 19.0 Å². The van der Waals surface area contributed by atoms with Crippen molar-refractivity contribution in [3.8, 4) is 16.3 Å². The van der Waals surface area contributed by atoms with Crippen LogP contribution in [0.1, 0.15) is 6.92 Å². The Hall–Kier alpha value is -2.69. The van der Waals surface area contributed by atoms with Crippen LogP contribution in [0.15, 0.2) is 58.9 Å². The summed E-state index contributed by atoms with van der Waals surface area (Å²) < 4.78 is 35.0. The summed E-state index contributed by atoms with van der Waals surface area (Å²) >= 11 is 1.44. The SMILES string of the molecule is CCOC(=O)N1CCN(S(=O)(=O)c2cn(-c3ccccc3)nc2-c2cccs2)CC1. The molecule has 30 heavy (non-hydrogen) atoms. The summed E-state index contributed by atoms with van der Waals surface area (Å²) in [4.78, 5) is 14.4. The molecule has 0 unspecified atom stereocenters. The Balaban J connectivity index is 1.65. The Labute approximate surface area is 179 Å². The van der Waals surface area contributed by atoms with E-state index < -0.39 is 16.1 Å². The number of para-hydroxylation sites is 1. The second-order valence-electron chi connectivity index (χ2n) is 6.69. The van der Waals surface area contributed by atoms with Gasteiger partial charge in [0.05, 0.1) is 23.4 Å². The van der Waals surface area contributed by atoms with Crippen molar-refractivity contribution in [1.29, 1.82) is 0 Å². The Morgan fingerprint density at radius 3 is 2.47 bits per heavy atom. The smallest absolute Gasteiger partial charge is 0.409 e. The Morgan fingerprint density at radius 1 is 1.10 bits per heavy atom. The number of hydrogen-bond acceptors (Lipinski definition) is 6. The molecule has 0 N–H and O–H groups in total. The minimum atomic E-state index is -3.79. The fourth-order valence-corrected chi connectivity index (χ4v) is 5.65. The zero-order chi connectivity index (χ0) is 21.1. The van der Waals surface area contributed by atoms with Crippen molar-refractivity contribution in [3.05, 3.63) is 54.0 Å². The van der Waals surface area contributed by atoms with Gasteiger partial charge in [0.15, 0.2) is 0 Å². The first-order valence-corrected chi connectivity index (χ1v) is 11.9. The third-order valence-corrected chi connectivity index (χ3v) is 7.61. The molecule has 2 aromatic heterocycles. The number of sulfonamides is 1. The largest absolute Gasteiger partial charge is 0.450 e. The molecule has 0 saturated carbocycles. The fraction of sp³-hybridized carbons (Fsp3) is 0.300. The molecular weight excluding hydrogens is 424 g/mol. The molecule has 1 fully saturated rings. The van der Waals surface area contributed by atoms with Crippen LogP contribution in [0.4, 0.5) is 4.79 Å².